The van der Waals surface area contributed by atoms with Gasteiger partial charge >= 0.3 is 0 Å². The highest BCUT2D eigenvalue weighted by Gasteiger charge is 2.15. The summed E-state index contributed by atoms with van der Waals surface area (Å²) in [4.78, 5) is 12.2. The summed E-state index contributed by atoms with van der Waals surface area (Å²) in [5.41, 5.74) is 4.32. The standard InChI is InChI=1S/C23H20Cl2N2O3/c1-16(30-22-11-10-19(24)13-21(22)25)23(28)27-26-14-18-8-5-9-20(12-18)29-15-17-6-3-2-4-7-17/h2-14,16H,15H2,1H3,(H,27,28)/b26-14-/t16-/m1/s1. The van der Waals surface area contributed by atoms with Gasteiger partial charge in [0.05, 0.1) is 11.2 Å². The van der Waals surface area contributed by atoms with Gasteiger partial charge in [0.1, 0.15) is 18.1 Å². The van der Waals surface area contributed by atoms with Gasteiger partial charge in [-0.1, -0.05) is 65.7 Å². The Kier molecular flexibility index (Phi) is 7.71. The Morgan fingerprint density at radius 1 is 1.07 bits per heavy atom. The minimum absolute atomic E-state index is 0.331. The molecule has 0 aliphatic heterocycles. The molecule has 0 aliphatic carbocycles. The van der Waals surface area contributed by atoms with Crippen LogP contribution >= 0.6 is 23.2 Å². The molecule has 0 unspecified atom stereocenters. The van der Waals surface area contributed by atoms with E-state index in [-0.39, 0.29) is 0 Å². The molecule has 1 N–H and O–H groups in total. The molecule has 154 valence electrons. The van der Waals surface area contributed by atoms with Crippen LogP contribution in [-0.2, 0) is 11.4 Å². The van der Waals surface area contributed by atoms with Gasteiger partial charge in [0.15, 0.2) is 6.10 Å². The number of nitrogens with one attached hydrogen (secondary N) is 1. The molecule has 5 nitrogen and oxygen atoms in total. The van der Waals surface area contributed by atoms with E-state index in [0.717, 1.165) is 11.1 Å². The lowest BCUT2D eigenvalue weighted by molar-refractivity contribution is -0.127. The lowest BCUT2D eigenvalue weighted by atomic mass is 10.2. The van der Waals surface area contributed by atoms with E-state index in [1.807, 2.05) is 54.6 Å². The smallest absolute Gasteiger partial charge is 0.280 e. The summed E-state index contributed by atoms with van der Waals surface area (Å²) in [6.45, 7) is 2.08. The SMILES string of the molecule is C[C@@H](Oc1ccc(Cl)cc1Cl)C(=O)N/N=C\c1cccc(OCc2ccccc2)c1. The molecule has 0 spiro atoms. The molecule has 0 bridgehead atoms. The summed E-state index contributed by atoms with van der Waals surface area (Å²) >= 11 is 11.9. The van der Waals surface area contributed by atoms with E-state index in [2.05, 4.69) is 10.5 Å². The zero-order valence-corrected chi connectivity index (χ0v) is 17.7. The van der Waals surface area contributed by atoms with Gasteiger partial charge in [0.2, 0.25) is 0 Å². The van der Waals surface area contributed by atoms with Crippen molar-refractivity contribution in [1.82, 2.24) is 5.43 Å². The second kappa shape index (κ2) is 10.7. The van der Waals surface area contributed by atoms with Crippen LogP contribution in [0, 0.1) is 0 Å². The Balaban J connectivity index is 1.52. The Hall–Kier alpha value is -3.02. The van der Waals surface area contributed by atoms with Crippen molar-refractivity contribution in [2.45, 2.75) is 19.6 Å². The molecule has 0 aromatic heterocycles. The molecule has 0 saturated carbocycles. The second-order valence-corrected chi connectivity index (χ2v) is 7.26. The lowest BCUT2D eigenvalue weighted by Crippen LogP contribution is -2.33. The molecule has 0 fully saturated rings. The first-order valence-corrected chi connectivity index (χ1v) is 9.98. The highest BCUT2D eigenvalue weighted by Crippen LogP contribution is 2.28. The van der Waals surface area contributed by atoms with Gasteiger partial charge in [-0.3, -0.25) is 4.79 Å². The van der Waals surface area contributed by atoms with Crippen molar-refractivity contribution >= 4 is 35.3 Å². The van der Waals surface area contributed by atoms with Gasteiger partial charge in [-0.25, -0.2) is 5.43 Å². The summed E-state index contributed by atoms with van der Waals surface area (Å²) in [7, 11) is 0. The van der Waals surface area contributed by atoms with E-state index in [9.17, 15) is 4.79 Å². The first-order chi connectivity index (χ1) is 14.5. The number of rotatable bonds is 8. The third-order valence-electron chi connectivity index (χ3n) is 4.06. The maximum absolute atomic E-state index is 12.2. The van der Waals surface area contributed by atoms with Crippen molar-refractivity contribution < 1.29 is 14.3 Å². The summed E-state index contributed by atoms with van der Waals surface area (Å²) in [6, 6.07) is 22.1. The van der Waals surface area contributed by atoms with E-state index in [4.69, 9.17) is 32.7 Å². The Labute approximate surface area is 185 Å². The fourth-order valence-electron chi connectivity index (χ4n) is 2.50. The molecular formula is C23H20Cl2N2O3. The van der Waals surface area contributed by atoms with Crippen LogP contribution in [0.2, 0.25) is 10.0 Å². The number of carbonyl (C=O) groups excluding carboxylic acids is 1. The normalized spacial score (nSPS) is 11.8. The van der Waals surface area contributed by atoms with Crippen molar-refractivity contribution in [3.05, 3.63) is 94.0 Å². The number of nitrogens with zero attached hydrogens (tertiary/aromatic N) is 1. The fraction of sp³-hybridized carbons (Fsp3) is 0.130. The summed E-state index contributed by atoms with van der Waals surface area (Å²) in [5.74, 6) is 0.674. The highest BCUT2D eigenvalue weighted by atomic mass is 35.5. The van der Waals surface area contributed by atoms with E-state index in [1.165, 1.54) is 6.21 Å². The molecule has 1 amide bonds. The molecule has 3 rings (SSSR count). The Bertz CT molecular complexity index is 1030. The fourth-order valence-corrected chi connectivity index (χ4v) is 2.95. The molecule has 30 heavy (non-hydrogen) atoms. The van der Waals surface area contributed by atoms with Gasteiger partial charge in [0.25, 0.3) is 5.91 Å². The number of hydrazone groups is 1. The Morgan fingerprint density at radius 3 is 2.63 bits per heavy atom. The summed E-state index contributed by atoms with van der Waals surface area (Å²) < 4.78 is 11.4. The zero-order chi connectivity index (χ0) is 21.3. The molecule has 0 radical (unpaired) electrons. The number of ether oxygens (including phenoxy) is 2. The Morgan fingerprint density at radius 2 is 1.87 bits per heavy atom. The minimum atomic E-state index is -0.790. The van der Waals surface area contributed by atoms with E-state index in [1.54, 1.807) is 25.1 Å². The van der Waals surface area contributed by atoms with Crippen molar-refractivity contribution in [2.75, 3.05) is 0 Å². The predicted octanol–water partition coefficient (Wildman–Crippen LogP) is 5.49. The number of hydrogen-bond acceptors (Lipinski definition) is 4. The molecule has 0 heterocycles. The van der Waals surface area contributed by atoms with Crippen LogP contribution in [0.1, 0.15) is 18.1 Å². The molecule has 0 aliphatic rings. The first-order valence-electron chi connectivity index (χ1n) is 9.22. The minimum Gasteiger partial charge on any atom is -0.489 e. The first kappa shape index (κ1) is 21.7. The molecule has 7 heteroatoms. The average Bonchev–Trinajstić information content (AvgIpc) is 2.75. The average molecular weight is 443 g/mol. The van der Waals surface area contributed by atoms with Crippen LogP contribution in [0.4, 0.5) is 0 Å². The van der Waals surface area contributed by atoms with Gasteiger partial charge in [-0.15, -0.1) is 0 Å². The van der Waals surface area contributed by atoms with Crippen LogP contribution in [0.25, 0.3) is 0 Å². The van der Waals surface area contributed by atoms with Gasteiger partial charge in [-0.2, -0.15) is 5.10 Å². The lowest BCUT2D eigenvalue weighted by Gasteiger charge is -2.14. The van der Waals surface area contributed by atoms with Crippen LogP contribution < -0.4 is 14.9 Å². The number of hydrogen-bond donors (Lipinski definition) is 1. The monoisotopic (exact) mass is 442 g/mol. The van der Waals surface area contributed by atoms with Crippen molar-refractivity contribution in [3.8, 4) is 11.5 Å². The summed E-state index contributed by atoms with van der Waals surface area (Å²) in [6.07, 6.45) is 0.747. The largest absolute Gasteiger partial charge is 0.489 e. The highest BCUT2D eigenvalue weighted by molar-refractivity contribution is 6.35. The van der Waals surface area contributed by atoms with Gasteiger partial charge in [0, 0.05) is 5.02 Å². The number of halogens is 2. The summed E-state index contributed by atoms with van der Waals surface area (Å²) in [5, 5.41) is 4.81. The van der Waals surface area contributed by atoms with Gasteiger partial charge in [-0.05, 0) is 48.4 Å². The molecule has 0 saturated heterocycles. The quantitative estimate of drug-likeness (QED) is 0.370. The van der Waals surface area contributed by atoms with Crippen LogP contribution in [0.3, 0.4) is 0 Å². The number of carbonyl (C=O) groups is 1. The topological polar surface area (TPSA) is 59.9 Å². The molecule has 3 aromatic rings. The van der Waals surface area contributed by atoms with E-state index < -0.39 is 12.0 Å². The number of amides is 1. The van der Waals surface area contributed by atoms with Gasteiger partial charge < -0.3 is 9.47 Å². The van der Waals surface area contributed by atoms with Crippen LogP contribution in [0.5, 0.6) is 11.5 Å². The maximum atomic E-state index is 12.2. The van der Waals surface area contributed by atoms with Crippen molar-refractivity contribution in [3.63, 3.8) is 0 Å². The maximum Gasteiger partial charge on any atom is 0.280 e. The van der Waals surface area contributed by atoms with Crippen molar-refractivity contribution in [1.29, 1.82) is 0 Å². The van der Waals surface area contributed by atoms with Crippen molar-refractivity contribution in [2.24, 2.45) is 5.10 Å². The molecule has 1 atom stereocenters. The van der Waals surface area contributed by atoms with E-state index in [0.29, 0.717) is 28.2 Å². The van der Waals surface area contributed by atoms with Crippen LogP contribution in [0.15, 0.2) is 77.9 Å². The molecular weight excluding hydrogens is 423 g/mol. The van der Waals surface area contributed by atoms with Crippen LogP contribution in [-0.4, -0.2) is 18.2 Å². The third kappa shape index (κ3) is 6.51. The van der Waals surface area contributed by atoms with E-state index >= 15 is 0 Å². The third-order valence-corrected chi connectivity index (χ3v) is 4.59. The predicted molar refractivity (Wildman–Crippen MR) is 120 cm³/mol. The number of benzene rings is 3. The zero-order valence-electron chi connectivity index (χ0n) is 16.2. The second-order valence-electron chi connectivity index (χ2n) is 6.42. The molecule has 3 aromatic carbocycles.